The van der Waals surface area contributed by atoms with E-state index in [2.05, 4.69) is 28.8 Å². The lowest BCUT2D eigenvalue weighted by Crippen LogP contribution is -2.01. The second kappa shape index (κ2) is 5.10. The van der Waals surface area contributed by atoms with E-state index in [9.17, 15) is 4.79 Å². The van der Waals surface area contributed by atoms with Gasteiger partial charge in [0.2, 0.25) is 0 Å². The van der Waals surface area contributed by atoms with Gasteiger partial charge in [0.25, 0.3) is 0 Å². The van der Waals surface area contributed by atoms with Crippen molar-refractivity contribution < 1.29 is 9.53 Å². The average molecular weight is 247 g/mol. The molecule has 88 valence electrons. The zero-order chi connectivity index (χ0) is 12.3. The summed E-state index contributed by atoms with van der Waals surface area (Å²) in [5.41, 5.74) is 2.86. The fraction of sp³-hybridized carbons (Fsp3) is 0.231. The van der Waals surface area contributed by atoms with Crippen LogP contribution >= 0.6 is 11.3 Å². The summed E-state index contributed by atoms with van der Waals surface area (Å²) in [6.07, 6.45) is 0.758. The topological polar surface area (TPSA) is 39.2 Å². The lowest BCUT2D eigenvalue weighted by atomic mass is 10.1. The largest absolute Gasteiger partial charge is 0.464 e. The van der Waals surface area contributed by atoms with Gasteiger partial charge in [-0.2, -0.15) is 0 Å². The van der Waals surface area contributed by atoms with Gasteiger partial charge in [-0.05, 0) is 18.1 Å². The molecule has 0 aliphatic heterocycles. The van der Waals surface area contributed by atoms with Crippen LogP contribution in [0.25, 0.3) is 0 Å². The zero-order valence-electron chi connectivity index (χ0n) is 9.77. The molecule has 0 aliphatic rings. The smallest absolute Gasteiger partial charge is 0.357 e. The van der Waals surface area contributed by atoms with Gasteiger partial charge in [-0.25, -0.2) is 9.78 Å². The highest BCUT2D eigenvalue weighted by atomic mass is 32.1. The van der Waals surface area contributed by atoms with Crippen molar-refractivity contribution in [3.05, 3.63) is 51.5 Å². The molecular formula is C13H13NO2S. The maximum absolute atomic E-state index is 11.3. The van der Waals surface area contributed by atoms with Crippen LogP contribution in [0.3, 0.4) is 0 Å². The maximum Gasteiger partial charge on any atom is 0.357 e. The number of carbonyl (C=O) groups excluding carboxylic acids is 1. The minimum absolute atomic E-state index is 0.378. The summed E-state index contributed by atoms with van der Waals surface area (Å²) in [4.78, 5) is 15.5. The molecule has 1 heterocycles. The van der Waals surface area contributed by atoms with E-state index in [-0.39, 0.29) is 5.97 Å². The number of thiazole rings is 1. The molecule has 0 amide bonds. The average Bonchev–Trinajstić information content (AvgIpc) is 2.80. The number of benzene rings is 1. The summed E-state index contributed by atoms with van der Waals surface area (Å²) in [5, 5.41) is 2.67. The molecule has 3 nitrogen and oxygen atoms in total. The minimum Gasteiger partial charge on any atom is -0.464 e. The molecule has 1 aromatic carbocycles. The Labute approximate surface area is 104 Å². The standard InChI is InChI=1S/C13H13NO2S/c1-9-5-3-4-6-10(9)7-12-14-11(8-17-12)13(15)16-2/h3-6,8H,7H2,1-2H3. The number of ether oxygens (including phenoxy) is 1. The van der Waals surface area contributed by atoms with Crippen molar-refractivity contribution in [2.75, 3.05) is 7.11 Å². The second-order valence-electron chi connectivity index (χ2n) is 3.72. The van der Waals surface area contributed by atoms with Gasteiger partial charge in [0.1, 0.15) is 0 Å². The number of carbonyl (C=O) groups is 1. The molecule has 2 rings (SSSR count). The first kappa shape index (κ1) is 11.8. The van der Waals surface area contributed by atoms with Gasteiger partial charge < -0.3 is 4.74 Å². The Morgan fingerprint density at radius 1 is 1.41 bits per heavy atom. The number of aryl methyl sites for hydroxylation is 1. The number of rotatable bonds is 3. The Balaban J connectivity index is 2.17. The molecule has 0 N–H and O–H groups in total. The van der Waals surface area contributed by atoms with Gasteiger partial charge in [-0.15, -0.1) is 11.3 Å². The predicted molar refractivity (Wildman–Crippen MR) is 67.4 cm³/mol. The van der Waals surface area contributed by atoms with E-state index < -0.39 is 0 Å². The lowest BCUT2D eigenvalue weighted by molar-refractivity contribution is 0.0594. The molecule has 0 aliphatic carbocycles. The molecule has 0 radical (unpaired) electrons. The Bertz CT molecular complexity index is 534. The van der Waals surface area contributed by atoms with E-state index in [0.717, 1.165) is 11.4 Å². The molecule has 0 saturated carbocycles. The van der Waals surface area contributed by atoms with Crippen LogP contribution in [0, 0.1) is 6.92 Å². The number of nitrogens with zero attached hydrogens (tertiary/aromatic N) is 1. The second-order valence-corrected chi connectivity index (χ2v) is 4.66. The quantitative estimate of drug-likeness (QED) is 0.783. The fourth-order valence-electron chi connectivity index (χ4n) is 1.56. The highest BCUT2D eigenvalue weighted by Crippen LogP contribution is 2.17. The third kappa shape index (κ3) is 2.71. The summed E-state index contributed by atoms with van der Waals surface area (Å²) in [6, 6.07) is 8.18. The molecule has 0 bridgehead atoms. The minimum atomic E-state index is -0.378. The van der Waals surface area contributed by atoms with Crippen molar-refractivity contribution in [2.45, 2.75) is 13.3 Å². The van der Waals surface area contributed by atoms with Crippen molar-refractivity contribution >= 4 is 17.3 Å². The van der Waals surface area contributed by atoms with Crippen molar-refractivity contribution in [3.8, 4) is 0 Å². The molecule has 0 spiro atoms. The molecule has 2 aromatic rings. The number of esters is 1. The van der Waals surface area contributed by atoms with E-state index in [1.54, 1.807) is 5.38 Å². The van der Waals surface area contributed by atoms with E-state index in [1.165, 1.54) is 29.6 Å². The van der Waals surface area contributed by atoms with E-state index in [4.69, 9.17) is 0 Å². The summed E-state index contributed by atoms with van der Waals surface area (Å²) in [6.45, 7) is 2.07. The Morgan fingerprint density at radius 3 is 2.88 bits per heavy atom. The van der Waals surface area contributed by atoms with Gasteiger partial charge >= 0.3 is 5.97 Å². The first-order chi connectivity index (χ1) is 8.20. The zero-order valence-corrected chi connectivity index (χ0v) is 10.6. The highest BCUT2D eigenvalue weighted by molar-refractivity contribution is 7.09. The van der Waals surface area contributed by atoms with Crippen LogP contribution in [-0.4, -0.2) is 18.1 Å². The Hall–Kier alpha value is -1.68. The Morgan fingerprint density at radius 2 is 2.18 bits per heavy atom. The summed E-state index contributed by atoms with van der Waals surface area (Å²) in [5.74, 6) is -0.378. The third-order valence-corrected chi connectivity index (χ3v) is 3.40. The number of hydrogen-bond acceptors (Lipinski definition) is 4. The molecule has 17 heavy (non-hydrogen) atoms. The van der Waals surface area contributed by atoms with Gasteiger partial charge in [0, 0.05) is 11.8 Å². The SMILES string of the molecule is COC(=O)c1csc(Cc2ccccc2C)n1. The molecule has 0 fully saturated rings. The predicted octanol–water partition coefficient (Wildman–Crippen LogP) is 2.83. The normalized spacial score (nSPS) is 10.2. The fourth-order valence-corrected chi connectivity index (χ4v) is 2.35. The van der Waals surface area contributed by atoms with Gasteiger partial charge in [-0.1, -0.05) is 24.3 Å². The lowest BCUT2D eigenvalue weighted by Gasteiger charge is -2.02. The summed E-state index contributed by atoms with van der Waals surface area (Å²) in [7, 11) is 1.36. The summed E-state index contributed by atoms with van der Waals surface area (Å²) >= 11 is 1.48. The van der Waals surface area contributed by atoms with E-state index >= 15 is 0 Å². The van der Waals surface area contributed by atoms with Crippen LogP contribution in [0.2, 0.25) is 0 Å². The van der Waals surface area contributed by atoms with Crippen molar-refractivity contribution in [1.29, 1.82) is 0 Å². The molecule has 1 aromatic heterocycles. The van der Waals surface area contributed by atoms with E-state index in [0.29, 0.717) is 5.69 Å². The van der Waals surface area contributed by atoms with Crippen LogP contribution in [0.5, 0.6) is 0 Å². The number of hydrogen-bond donors (Lipinski definition) is 0. The molecule has 0 unspecified atom stereocenters. The van der Waals surface area contributed by atoms with Crippen LogP contribution in [0.4, 0.5) is 0 Å². The summed E-state index contributed by atoms with van der Waals surface area (Å²) < 4.78 is 4.63. The first-order valence-corrected chi connectivity index (χ1v) is 6.16. The molecule has 0 saturated heterocycles. The molecule has 0 atom stereocenters. The van der Waals surface area contributed by atoms with Crippen LogP contribution in [0.15, 0.2) is 29.6 Å². The van der Waals surface area contributed by atoms with Gasteiger partial charge in [0.15, 0.2) is 5.69 Å². The number of aromatic nitrogens is 1. The molecule has 4 heteroatoms. The Kier molecular flexibility index (Phi) is 3.54. The molecular weight excluding hydrogens is 234 g/mol. The van der Waals surface area contributed by atoms with Crippen molar-refractivity contribution in [3.63, 3.8) is 0 Å². The van der Waals surface area contributed by atoms with Gasteiger partial charge in [0.05, 0.1) is 12.1 Å². The van der Waals surface area contributed by atoms with Crippen LogP contribution in [-0.2, 0) is 11.2 Å². The highest BCUT2D eigenvalue weighted by Gasteiger charge is 2.11. The monoisotopic (exact) mass is 247 g/mol. The maximum atomic E-state index is 11.3. The van der Waals surface area contributed by atoms with Gasteiger partial charge in [-0.3, -0.25) is 0 Å². The van der Waals surface area contributed by atoms with Crippen LogP contribution < -0.4 is 0 Å². The third-order valence-electron chi connectivity index (χ3n) is 2.55. The van der Waals surface area contributed by atoms with Crippen LogP contribution in [0.1, 0.15) is 26.6 Å². The first-order valence-electron chi connectivity index (χ1n) is 5.28. The van der Waals surface area contributed by atoms with E-state index in [1.807, 2.05) is 12.1 Å². The van der Waals surface area contributed by atoms with Crippen molar-refractivity contribution in [2.24, 2.45) is 0 Å². The number of methoxy groups -OCH3 is 1. The van der Waals surface area contributed by atoms with Crippen molar-refractivity contribution in [1.82, 2.24) is 4.98 Å².